The Hall–Kier alpha value is -3.84. The minimum absolute atomic E-state index is 0.0196. The zero-order valence-corrected chi connectivity index (χ0v) is 20.3. The van der Waals surface area contributed by atoms with Gasteiger partial charge >= 0.3 is 6.18 Å². The smallest absolute Gasteiger partial charge is 0.306 e. The largest absolute Gasteiger partial charge is 0.418 e. The Morgan fingerprint density at radius 3 is 2.62 bits per heavy atom. The summed E-state index contributed by atoms with van der Waals surface area (Å²) in [5, 5.41) is 2.14. The highest BCUT2D eigenvalue weighted by molar-refractivity contribution is 7.13. The maximum atomic E-state index is 14.0. The third kappa shape index (κ3) is 6.12. The number of halogens is 5. The molecular formula is C23H15ClF4N6O2S. The minimum atomic E-state index is -4.71. The van der Waals surface area contributed by atoms with Crippen LogP contribution in [0.3, 0.4) is 0 Å². The van der Waals surface area contributed by atoms with Gasteiger partial charge in [-0.3, -0.25) is 9.59 Å². The third-order valence-electron chi connectivity index (χ3n) is 5.05. The lowest BCUT2D eigenvalue weighted by atomic mass is 10.0. The van der Waals surface area contributed by atoms with E-state index in [2.05, 4.69) is 30.2 Å². The fourth-order valence-corrected chi connectivity index (χ4v) is 4.30. The SMILES string of the molecule is C[C@@H](CC(=O)c1cc(-c2cccnc2F)ncn1)c1ncc(C(=O)Nc2cc(C(F)(F)F)c(Cl)cn2)s1. The average Bonchev–Trinajstić information content (AvgIpc) is 3.36. The number of ketones is 1. The number of amides is 1. The maximum absolute atomic E-state index is 14.0. The number of hydrogen-bond donors (Lipinski definition) is 1. The Labute approximate surface area is 215 Å². The molecule has 1 atom stereocenters. The van der Waals surface area contributed by atoms with Gasteiger partial charge in [0.25, 0.3) is 5.91 Å². The summed E-state index contributed by atoms with van der Waals surface area (Å²) >= 11 is 6.53. The number of nitrogens with one attached hydrogen (secondary N) is 1. The van der Waals surface area contributed by atoms with Gasteiger partial charge in [0.1, 0.15) is 22.7 Å². The highest BCUT2D eigenvalue weighted by Crippen LogP contribution is 2.35. The van der Waals surface area contributed by atoms with E-state index < -0.39 is 34.5 Å². The molecule has 1 N–H and O–H groups in total. The molecule has 8 nitrogen and oxygen atoms in total. The van der Waals surface area contributed by atoms with Crippen LogP contribution >= 0.6 is 22.9 Å². The molecule has 0 aliphatic carbocycles. The van der Waals surface area contributed by atoms with Gasteiger partial charge < -0.3 is 5.32 Å². The summed E-state index contributed by atoms with van der Waals surface area (Å²) in [4.78, 5) is 44.8. The molecule has 190 valence electrons. The lowest BCUT2D eigenvalue weighted by molar-refractivity contribution is -0.137. The molecule has 0 bridgehead atoms. The number of alkyl halides is 3. The molecule has 0 saturated heterocycles. The van der Waals surface area contributed by atoms with Crippen LogP contribution < -0.4 is 5.32 Å². The third-order valence-corrected chi connectivity index (χ3v) is 6.58. The molecule has 1 amide bonds. The second-order valence-corrected chi connectivity index (χ2v) is 9.19. The fraction of sp³-hybridized carbons (Fsp3) is 0.174. The van der Waals surface area contributed by atoms with Crippen molar-refractivity contribution in [1.29, 1.82) is 0 Å². The van der Waals surface area contributed by atoms with Gasteiger partial charge in [0.15, 0.2) is 5.78 Å². The predicted molar refractivity (Wildman–Crippen MR) is 127 cm³/mol. The van der Waals surface area contributed by atoms with Crippen LogP contribution in [0.4, 0.5) is 23.4 Å². The van der Waals surface area contributed by atoms with E-state index in [1.807, 2.05) is 0 Å². The van der Waals surface area contributed by atoms with Crippen molar-refractivity contribution < 1.29 is 27.2 Å². The fourth-order valence-electron chi connectivity index (χ4n) is 3.23. The first kappa shape index (κ1) is 26.2. The Kier molecular flexibility index (Phi) is 7.55. The zero-order valence-electron chi connectivity index (χ0n) is 18.8. The number of nitrogens with zero attached hydrogens (tertiary/aromatic N) is 5. The molecule has 0 saturated carbocycles. The van der Waals surface area contributed by atoms with Gasteiger partial charge in [-0.05, 0) is 24.3 Å². The molecule has 0 aromatic carbocycles. The van der Waals surface area contributed by atoms with Crippen molar-refractivity contribution in [2.75, 3.05) is 5.32 Å². The maximum Gasteiger partial charge on any atom is 0.418 e. The molecule has 4 aromatic heterocycles. The molecule has 4 rings (SSSR count). The highest BCUT2D eigenvalue weighted by Gasteiger charge is 2.34. The van der Waals surface area contributed by atoms with Gasteiger partial charge in [-0.1, -0.05) is 18.5 Å². The van der Waals surface area contributed by atoms with E-state index in [4.69, 9.17) is 11.6 Å². The molecule has 4 aromatic rings. The van der Waals surface area contributed by atoms with Gasteiger partial charge in [0.05, 0.1) is 33.0 Å². The van der Waals surface area contributed by atoms with Gasteiger partial charge in [-0.15, -0.1) is 11.3 Å². The summed E-state index contributed by atoms with van der Waals surface area (Å²) in [7, 11) is 0. The number of carbonyl (C=O) groups excluding carboxylic acids is 2. The van der Waals surface area contributed by atoms with Crippen LogP contribution in [0.1, 0.15) is 50.0 Å². The quantitative estimate of drug-likeness (QED) is 0.175. The number of rotatable bonds is 7. The van der Waals surface area contributed by atoms with Crippen molar-refractivity contribution in [3.63, 3.8) is 0 Å². The van der Waals surface area contributed by atoms with Gasteiger partial charge in [0, 0.05) is 24.7 Å². The van der Waals surface area contributed by atoms with E-state index in [1.54, 1.807) is 13.0 Å². The van der Waals surface area contributed by atoms with Crippen molar-refractivity contribution in [2.24, 2.45) is 0 Å². The van der Waals surface area contributed by atoms with Crippen LogP contribution in [0.15, 0.2) is 49.2 Å². The molecule has 14 heteroatoms. The number of anilines is 1. The average molecular weight is 551 g/mol. The standard InChI is InChI=1S/C23H15ClF4N6O2S/c1-11(5-17(35)16-7-15(32-10-33-16)12-3-2-4-29-20(12)25)22-31-9-18(37-22)21(36)34-19-6-13(23(26,27)28)14(24)8-30-19/h2-4,6-11H,5H2,1H3,(H,30,34,36)/t11-/m0/s1. The molecule has 0 spiro atoms. The molecular weight excluding hydrogens is 536 g/mol. The summed E-state index contributed by atoms with van der Waals surface area (Å²) in [6.07, 6.45) is -0.232. The number of aromatic nitrogens is 5. The first-order chi connectivity index (χ1) is 17.5. The van der Waals surface area contributed by atoms with E-state index in [0.717, 1.165) is 23.9 Å². The van der Waals surface area contributed by atoms with Crippen LogP contribution in [0.25, 0.3) is 11.3 Å². The molecule has 4 heterocycles. The second kappa shape index (κ2) is 10.6. The zero-order chi connectivity index (χ0) is 26.7. The Bertz CT molecular complexity index is 1480. The summed E-state index contributed by atoms with van der Waals surface area (Å²) in [6.45, 7) is 1.72. The van der Waals surface area contributed by atoms with E-state index in [9.17, 15) is 27.2 Å². The Morgan fingerprint density at radius 2 is 1.89 bits per heavy atom. The predicted octanol–water partition coefficient (Wildman–Crippen LogP) is 5.83. The number of pyridine rings is 2. The van der Waals surface area contributed by atoms with Crippen LogP contribution in [-0.2, 0) is 6.18 Å². The topological polar surface area (TPSA) is 111 Å². The van der Waals surface area contributed by atoms with E-state index in [1.165, 1.54) is 24.5 Å². The van der Waals surface area contributed by atoms with Crippen molar-refractivity contribution >= 4 is 40.4 Å². The Balaban J connectivity index is 1.44. The van der Waals surface area contributed by atoms with E-state index in [0.29, 0.717) is 11.1 Å². The van der Waals surface area contributed by atoms with Crippen molar-refractivity contribution in [3.8, 4) is 11.3 Å². The van der Waals surface area contributed by atoms with Gasteiger partial charge in [-0.2, -0.15) is 17.6 Å². The lowest BCUT2D eigenvalue weighted by Gasteiger charge is -2.10. The minimum Gasteiger partial charge on any atom is -0.306 e. The van der Waals surface area contributed by atoms with E-state index in [-0.39, 0.29) is 39.9 Å². The lowest BCUT2D eigenvalue weighted by Crippen LogP contribution is -2.13. The number of hydrogen-bond acceptors (Lipinski definition) is 8. The normalized spacial score (nSPS) is 12.3. The molecule has 37 heavy (non-hydrogen) atoms. The van der Waals surface area contributed by atoms with Crippen LogP contribution in [0.5, 0.6) is 0 Å². The number of Topliss-reactive ketones (excluding diaryl/α,β-unsaturated/α-hetero) is 1. The molecule has 0 fully saturated rings. The van der Waals surface area contributed by atoms with Crippen molar-refractivity contribution in [1.82, 2.24) is 24.9 Å². The van der Waals surface area contributed by atoms with Crippen molar-refractivity contribution in [2.45, 2.75) is 25.4 Å². The molecule has 0 unspecified atom stereocenters. The van der Waals surface area contributed by atoms with Crippen LogP contribution in [-0.4, -0.2) is 36.6 Å². The van der Waals surface area contributed by atoms with Gasteiger partial charge in [-0.25, -0.2) is 24.9 Å². The van der Waals surface area contributed by atoms with Gasteiger partial charge in [0.2, 0.25) is 5.95 Å². The summed E-state index contributed by atoms with van der Waals surface area (Å²) in [5.74, 6) is -2.55. The number of carbonyl (C=O) groups is 2. The summed E-state index contributed by atoms with van der Waals surface area (Å²) in [6, 6.07) is 5.02. The summed E-state index contributed by atoms with van der Waals surface area (Å²) in [5.41, 5.74) is -0.728. The Morgan fingerprint density at radius 1 is 1.11 bits per heavy atom. The van der Waals surface area contributed by atoms with Crippen LogP contribution in [0.2, 0.25) is 5.02 Å². The second-order valence-electron chi connectivity index (χ2n) is 7.72. The number of thiazole rings is 1. The highest BCUT2D eigenvalue weighted by atomic mass is 35.5. The molecule has 0 radical (unpaired) electrons. The van der Waals surface area contributed by atoms with Crippen LogP contribution in [0, 0.1) is 5.95 Å². The van der Waals surface area contributed by atoms with E-state index >= 15 is 0 Å². The van der Waals surface area contributed by atoms with Crippen molar-refractivity contribution in [3.05, 3.63) is 81.3 Å². The first-order valence-electron chi connectivity index (χ1n) is 10.5. The monoisotopic (exact) mass is 550 g/mol. The first-order valence-corrected chi connectivity index (χ1v) is 11.7. The molecule has 0 aliphatic rings. The molecule has 0 aliphatic heterocycles. The summed E-state index contributed by atoms with van der Waals surface area (Å²) < 4.78 is 53.1.